The van der Waals surface area contributed by atoms with Gasteiger partial charge in [0.05, 0.1) is 6.54 Å². The summed E-state index contributed by atoms with van der Waals surface area (Å²) in [6, 6.07) is 1.84. The van der Waals surface area contributed by atoms with Crippen molar-refractivity contribution in [3.05, 3.63) is 29.6 Å². The maximum atomic E-state index is 12.9. The summed E-state index contributed by atoms with van der Waals surface area (Å²) in [6.07, 6.45) is 4.36. The van der Waals surface area contributed by atoms with Crippen LogP contribution >= 0.6 is 0 Å². The molecule has 0 aliphatic heterocycles. The zero-order chi connectivity index (χ0) is 13.8. The minimum absolute atomic E-state index is 0.0747. The molecule has 2 rings (SSSR count). The summed E-state index contributed by atoms with van der Waals surface area (Å²) in [5.41, 5.74) is -0.0883. The number of halogens is 3. The number of anilines is 1. The topological polar surface area (TPSA) is 41.1 Å². The molecule has 1 aromatic rings. The molecule has 104 valence electrons. The molecule has 0 aromatic heterocycles. The van der Waals surface area contributed by atoms with Crippen molar-refractivity contribution in [2.24, 2.45) is 0 Å². The van der Waals surface area contributed by atoms with Crippen LogP contribution in [-0.2, 0) is 4.79 Å². The van der Waals surface area contributed by atoms with Gasteiger partial charge in [-0.3, -0.25) is 4.79 Å². The van der Waals surface area contributed by atoms with Gasteiger partial charge in [0, 0.05) is 23.9 Å². The highest BCUT2D eigenvalue weighted by Crippen LogP contribution is 2.18. The lowest BCUT2D eigenvalue weighted by Gasteiger charge is -2.12. The van der Waals surface area contributed by atoms with E-state index in [-0.39, 0.29) is 12.2 Å². The molecule has 1 aromatic carbocycles. The van der Waals surface area contributed by atoms with E-state index in [2.05, 4.69) is 10.6 Å². The lowest BCUT2D eigenvalue weighted by Crippen LogP contribution is -2.34. The van der Waals surface area contributed by atoms with Gasteiger partial charge in [-0.05, 0) is 12.8 Å². The largest absolute Gasteiger partial charge is 0.325 e. The van der Waals surface area contributed by atoms with Crippen molar-refractivity contribution in [2.75, 3.05) is 11.9 Å². The Kier molecular flexibility index (Phi) is 4.42. The van der Waals surface area contributed by atoms with Crippen LogP contribution < -0.4 is 10.6 Å². The van der Waals surface area contributed by atoms with Crippen LogP contribution in [0.4, 0.5) is 18.9 Å². The Balaban J connectivity index is 1.87. The first-order chi connectivity index (χ1) is 9.06. The zero-order valence-electron chi connectivity index (χ0n) is 10.3. The molecular weight excluding hydrogens is 257 g/mol. The molecule has 1 aliphatic carbocycles. The van der Waals surface area contributed by atoms with E-state index < -0.39 is 23.4 Å². The Bertz CT molecular complexity index is 450. The molecule has 0 saturated heterocycles. The number of carbonyl (C=O) groups excluding carboxylic acids is 1. The Hall–Kier alpha value is -1.56. The van der Waals surface area contributed by atoms with Gasteiger partial charge in [-0.1, -0.05) is 12.8 Å². The predicted molar refractivity (Wildman–Crippen MR) is 65.2 cm³/mol. The molecule has 19 heavy (non-hydrogen) atoms. The van der Waals surface area contributed by atoms with E-state index in [0.717, 1.165) is 37.8 Å². The summed E-state index contributed by atoms with van der Waals surface area (Å²) in [7, 11) is 0. The third-order valence-corrected chi connectivity index (χ3v) is 3.17. The first kappa shape index (κ1) is 13.9. The highest BCUT2D eigenvalue weighted by molar-refractivity contribution is 5.92. The van der Waals surface area contributed by atoms with Gasteiger partial charge in [0.1, 0.15) is 0 Å². The minimum atomic E-state index is -1.54. The van der Waals surface area contributed by atoms with E-state index >= 15 is 0 Å². The maximum Gasteiger partial charge on any atom is 0.238 e. The summed E-state index contributed by atoms with van der Waals surface area (Å²) >= 11 is 0. The normalized spacial score (nSPS) is 15.7. The van der Waals surface area contributed by atoms with Gasteiger partial charge < -0.3 is 10.6 Å². The van der Waals surface area contributed by atoms with Crippen LogP contribution in [0, 0.1) is 17.5 Å². The van der Waals surface area contributed by atoms with Gasteiger partial charge in [-0.25, -0.2) is 13.2 Å². The summed E-state index contributed by atoms with van der Waals surface area (Å²) < 4.78 is 38.6. The third-order valence-electron chi connectivity index (χ3n) is 3.17. The number of rotatable bonds is 4. The van der Waals surface area contributed by atoms with Crippen LogP contribution in [0.1, 0.15) is 25.7 Å². The second kappa shape index (κ2) is 6.06. The average molecular weight is 272 g/mol. The number of amides is 1. The van der Waals surface area contributed by atoms with Gasteiger partial charge in [-0.2, -0.15) is 0 Å². The molecule has 1 saturated carbocycles. The summed E-state index contributed by atoms with van der Waals surface area (Å²) in [4.78, 5) is 11.6. The molecule has 0 radical (unpaired) electrons. The molecule has 6 heteroatoms. The summed E-state index contributed by atoms with van der Waals surface area (Å²) in [5, 5.41) is 5.40. The third kappa shape index (κ3) is 3.70. The van der Waals surface area contributed by atoms with Gasteiger partial charge in [0.15, 0.2) is 17.5 Å². The van der Waals surface area contributed by atoms with Crippen molar-refractivity contribution in [1.29, 1.82) is 0 Å². The lowest BCUT2D eigenvalue weighted by atomic mass is 10.2. The molecule has 1 aliphatic rings. The van der Waals surface area contributed by atoms with Gasteiger partial charge in [0.25, 0.3) is 0 Å². The smallest absolute Gasteiger partial charge is 0.238 e. The van der Waals surface area contributed by atoms with Crippen LogP contribution in [0.5, 0.6) is 0 Å². The first-order valence-corrected chi connectivity index (χ1v) is 6.24. The van der Waals surface area contributed by atoms with E-state index in [1.165, 1.54) is 0 Å². The van der Waals surface area contributed by atoms with E-state index in [4.69, 9.17) is 0 Å². The van der Waals surface area contributed by atoms with Crippen molar-refractivity contribution in [1.82, 2.24) is 5.32 Å². The number of nitrogens with one attached hydrogen (secondary N) is 2. The molecule has 1 fully saturated rings. The highest BCUT2D eigenvalue weighted by Gasteiger charge is 2.16. The molecule has 1 amide bonds. The Morgan fingerprint density at radius 2 is 1.74 bits per heavy atom. The average Bonchev–Trinajstić information content (AvgIpc) is 2.86. The second-order valence-electron chi connectivity index (χ2n) is 4.66. The van der Waals surface area contributed by atoms with E-state index in [0.29, 0.717) is 6.04 Å². The number of hydrogen-bond donors (Lipinski definition) is 2. The Morgan fingerprint density at radius 1 is 1.16 bits per heavy atom. The molecule has 0 bridgehead atoms. The fourth-order valence-electron chi connectivity index (χ4n) is 2.20. The number of benzene rings is 1. The van der Waals surface area contributed by atoms with Crippen molar-refractivity contribution in [3.8, 4) is 0 Å². The maximum absolute atomic E-state index is 12.9. The minimum Gasteiger partial charge on any atom is -0.325 e. The lowest BCUT2D eigenvalue weighted by molar-refractivity contribution is -0.115. The molecule has 0 unspecified atom stereocenters. The SMILES string of the molecule is O=C(CNC1CCCC1)Nc1cc(F)c(F)c(F)c1. The standard InChI is InChI=1S/C13H15F3N2O/c14-10-5-9(6-11(15)13(10)16)18-12(19)7-17-8-3-1-2-4-8/h5-6,8,17H,1-4,7H2,(H,18,19). The van der Waals surface area contributed by atoms with E-state index in [9.17, 15) is 18.0 Å². The monoisotopic (exact) mass is 272 g/mol. The van der Waals surface area contributed by atoms with Crippen molar-refractivity contribution in [2.45, 2.75) is 31.7 Å². The highest BCUT2D eigenvalue weighted by atomic mass is 19.2. The first-order valence-electron chi connectivity index (χ1n) is 6.24. The Morgan fingerprint density at radius 3 is 2.32 bits per heavy atom. The van der Waals surface area contributed by atoms with Crippen LogP contribution in [-0.4, -0.2) is 18.5 Å². The fraction of sp³-hybridized carbons (Fsp3) is 0.462. The molecule has 0 spiro atoms. The van der Waals surface area contributed by atoms with Crippen molar-refractivity contribution < 1.29 is 18.0 Å². The van der Waals surface area contributed by atoms with Gasteiger partial charge in [-0.15, -0.1) is 0 Å². The zero-order valence-corrected chi connectivity index (χ0v) is 10.3. The van der Waals surface area contributed by atoms with Crippen LogP contribution in [0.2, 0.25) is 0 Å². The molecular formula is C13H15F3N2O. The molecule has 0 atom stereocenters. The second-order valence-corrected chi connectivity index (χ2v) is 4.66. The Labute approximate surface area is 109 Å². The van der Waals surface area contributed by atoms with Crippen LogP contribution in [0.25, 0.3) is 0 Å². The van der Waals surface area contributed by atoms with Crippen LogP contribution in [0.15, 0.2) is 12.1 Å². The fourth-order valence-corrected chi connectivity index (χ4v) is 2.20. The van der Waals surface area contributed by atoms with Gasteiger partial charge >= 0.3 is 0 Å². The molecule has 2 N–H and O–H groups in total. The molecule has 0 heterocycles. The van der Waals surface area contributed by atoms with Gasteiger partial charge in [0.2, 0.25) is 5.91 Å². The van der Waals surface area contributed by atoms with Crippen molar-refractivity contribution >= 4 is 11.6 Å². The number of carbonyl (C=O) groups is 1. The number of hydrogen-bond acceptors (Lipinski definition) is 2. The quantitative estimate of drug-likeness (QED) is 0.827. The summed E-state index contributed by atoms with van der Waals surface area (Å²) in [5.74, 6) is -4.59. The molecule has 3 nitrogen and oxygen atoms in total. The summed E-state index contributed by atoms with van der Waals surface area (Å²) in [6.45, 7) is 0.0747. The van der Waals surface area contributed by atoms with Crippen molar-refractivity contribution in [3.63, 3.8) is 0 Å². The van der Waals surface area contributed by atoms with E-state index in [1.54, 1.807) is 0 Å². The van der Waals surface area contributed by atoms with E-state index in [1.807, 2.05) is 0 Å². The predicted octanol–water partition coefficient (Wildman–Crippen LogP) is 2.57. The van der Waals surface area contributed by atoms with Crippen LogP contribution in [0.3, 0.4) is 0 Å².